The van der Waals surface area contributed by atoms with Crippen molar-refractivity contribution in [2.75, 3.05) is 13.9 Å². The summed E-state index contributed by atoms with van der Waals surface area (Å²) in [7, 11) is 1.56. The quantitative estimate of drug-likeness (QED) is 0.583. The van der Waals surface area contributed by atoms with Crippen LogP contribution in [0.5, 0.6) is 0 Å². The predicted molar refractivity (Wildman–Crippen MR) is 80.5 cm³/mol. The molecule has 0 saturated heterocycles. The zero-order valence-corrected chi connectivity index (χ0v) is 13.2. The minimum Gasteiger partial charge on any atom is -0.387 e. The highest BCUT2D eigenvalue weighted by molar-refractivity contribution is 5.17. The Bertz CT molecular complexity index is 404. The summed E-state index contributed by atoms with van der Waals surface area (Å²) >= 11 is 0. The maximum Gasteiger partial charge on any atom is 0.146 e. The van der Waals surface area contributed by atoms with E-state index in [4.69, 9.17) is 15.9 Å². The van der Waals surface area contributed by atoms with Gasteiger partial charge < -0.3 is 19.7 Å². The van der Waals surface area contributed by atoms with E-state index >= 15 is 0 Å². The second-order valence-corrected chi connectivity index (χ2v) is 6.97. The van der Waals surface area contributed by atoms with Crippen molar-refractivity contribution in [1.29, 1.82) is 0 Å². The molecule has 0 unspecified atom stereocenters. The average Bonchev–Trinajstić information content (AvgIpc) is 2.66. The summed E-state index contributed by atoms with van der Waals surface area (Å²) in [6.07, 6.45) is 11.1. The van der Waals surface area contributed by atoms with E-state index in [1.807, 2.05) is 0 Å². The molecule has 2 N–H and O–H groups in total. The third-order valence-electron chi connectivity index (χ3n) is 5.71. The number of rotatable bonds is 6. The first-order valence-electron chi connectivity index (χ1n) is 7.90. The Morgan fingerprint density at radius 2 is 1.90 bits per heavy atom. The Kier molecular flexibility index (Phi) is 4.99. The average molecular weight is 296 g/mol. The minimum absolute atomic E-state index is 0.151. The van der Waals surface area contributed by atoms with E-state index < -0.39 is 11.2 Å². The SMILES string of the molecule is C#CC[C@H](C[C@@]1(O)CC[C@]2(C)CCCC[C@@]21O)OCOC. The zero-order valence-electron chi connectivity index (χ0n) is 13.2. The molecule has 0 amide bonds. The topological polar surface area (TPSA) is 58.9 Å². The molecule has 0 aromatic heterocycles. The van der Waals surface area contributed by atoms with E-state index in [9.17, 15) is 10.2 Å². The van der Waals surface area contributed by atoms with Crippen LogP contribution in [0.2, 0.25) is 0 Å². The maximum atomic E-state index is 11.2. The molecule has 0 aromatic carbocycles. The van der Waals surface area contributed by atoms with Crippen LogP contribution in [0.3, 0.4) is 0 Å². The van der Waals surface area contributed by atoms with E-state index in [-0.39, 0.29) is 18.3 Å². The van der Waals surface area contributed by atoms with Crippen molar-refractivity contribution >= 4 is 0 Å². The second kappa shape index (κ2) is 6.26. The number of hydrogen-bond acceptors (Lipinski definition) is 4. The van der Waals surface area contributed by atoms with E-state index in [1.165, 1.54) is 0 Å². The molecule has 4 heteroatoms. The summed E-state index contributed by atoms with van der Waals surface area (Å²) in [6, 6.07) is 0. The van der Waals surface area contributed by atoms with Crippen molar-refractivity contribution < 1.29 is 19.7 Å². The molecule has 0 aliphatic heterocycles. The molecule has 120 valence electrons. The third-order valence-corrected chi connectivity index (χ3v) is 5.71. The summed E-state index contributed by atoms with van der Waals surface area (Å²) in [5.74, 6) is 2.59. The van der Waals surface area contributed by atoms with E-state index in [0.29, 0.717) is 25.7 Å². The molecule has 0 aromatic rings. The Hall–Kier alpha value is -0.600. The van der Waals surface area contributed by atoms with Crippen LogP contribution in [0, 0.1) is 17.8 Å². The van der Waals surface area contributed by atoms with E-state index in [2.05, 4.69) is 12.8 Å². The normalized spacial score (nSPS) is 40.5. The van der Waals surface area contributed by atoms with Crippen LogP contribution in [0.15, 0.2) is 0 Å². The number of methoxy groups -OCH3 is 1. The Morgan fingerprint density at radius 1 is 1.19 bits per heavy atom. The standard InChI is InChI=1S/C17H28O4/c1-4-7-14(21-13-20-3)12-16(18)11-10-15(2)8-5-6-9-17(15,16)19/h1,14,18-19H,5-13H2,2-3H3/t14-,15+,16+,17-/m1/s1. The second-order valence-electron chi connectivity index (χ2n) is 6.97. The van der Waals surface area contributed by atoms with Gasteiger partial charge in [0.15, 0.2) is 0 Å². The van der Waals surface area contributed by atoms with Gasteiger partial charge in [-0.3, -0.25) is 0 Å². The molecular weight excluding hydrogens is 268 g/mol. The number of ether oxygens (including phenoxy) is 2. The highest BCUT2D eigenvalue weighted by Crippen LogP contribution is 2.60. The highest BCUT2D eigenvalue weighted by atomic mass is 16.7. The molecule has 2 rings (SSSR count). The number of terminal acetylenes is 1. The first kappa shape index (κ1) is 16.8. The van der Waals surface area contributed by atoms with Crippen molar-refractivity contribution in [2.24, 2.45) is 5.41 Å². The van der Waals surface area contributed by atoms with Gasteiger partial charge in [0.1, 0.15) is 6.79 Å². The van der Waals surface area contributed by atoms with Crippen LogP contribution in [0.4, 0.5) is 0 Å². The Morgan fingerprint density at radius 3 is 2.57 bits per heavy atom. The summed E-state index contributed by atoms with van der Waals surface area (Å²) in [4.78, 5) is 0. The lowest BCUT2D eigenvalue weighted by Gasteiger charge is -2.50. The van der Waals surface area contributed by atoms with Gasteiger partial charge >= 0.3 is 0 Å². The number of hydrogen-bond donors (Lipinski definition) is 2. The van der Waals surface area contributed by atoms with Gasteiger partial charge in [-0.05, 0) is 31.1 Å². The molecule has 0 bridgehead atoms. The van der Waals surface area contributed by atoms with Crippen LogP contribution in [0.1, 0.15) is 58.3 Å². The van der Waals surface area contributed by atoms with Gasteiger partial charge in [-0.2, -0.15) is 0 Å². The Labute approximate surface area is 127 Å². The molecule has 2 aliphatic rings. The molecule has 2 saturated carbocycles. The summed E-state index contributed by atoms with van der Waals surface area (Å²) in [6.45, 7) is 2.26. The Balaban J connectivity index is 2.15. The highest BCUT2D eigenvalue weighted by Gasteiger charge is 2.65. The fourth-order valence-electron chi connectivity index (χ4n) is 4.35. The molecule has 4 nitrogen and oxygen atoms in total. The van der Waals surface area contributed by atoms with E-state index in [1.54, 1.807) is 7.11 Å². The van der Waals surface area contributed by atoms with Crippen LogP contribution < -0.4 is 0 Å². The maximum absolute atomic E-state index is 11.2. The molecular formula is C17H28O4. The molecule has 4 atom stereocenters. The van der Waals surface area contributed by atoms with Gasteiger partial charge in [0, 0.05) is 20.0 Å². The molecule has 2 fully saturated rings. The van der Waals surface area contributed by atoms with Crippen LogP contribution >= 0.6 is 0 Å². The predicted octanol–water partition coefficient (Wildman–Crippen LogP) is 2.23. The van der Waals surface area contributed by atoms with Gasteiger partial charge in [-0.1, -0.05) is 19.8 Å². The zero-order chi connectivity index (χ0) is 15.6. The lowest BCUT2D eigenvalue weighted by atomic mass is 9.62. The summed E-state index contributed by atoms with van der Waals surface area (Å²) in [5, 5.41) is 22.4. The van der Waals surface area contributed by atoms with Gasteiger partial charge in [0.25, 0.3) is 0 Å². The monoisotopic (exact) mass is 296 g/mol. The van der Waals surface area contributed by atoms with Crippen LogP contribution in [-0.2, 0) is 9.47 Å². The van der Waals surface area contributed by atoms with Crippen LogP contribution in [-0.4, -0.2) is 41.4 Å². The summed E-state index contributed by atoms with van der Waals surface area (Å²) < 4.78 is 10.5. The van der Waals surface area contributed by atoms with Gasteiger partial charge in [0.05, 0.1) is 17.3 Å². The molecule has 0 heterocycles. The van der Waals surface area contributed by atoms with Gasteiger partial charge in [-0.15, -0.1) is 12.3 Å². The number of fused-ring (bicyclic) bond motifs is 1. The fourth-order valence-corrected chi connectivity index (χ4v) is 4.35. The van der Waals surface area contributed by atoms with Crippen molar-refractivity contribution in [1.82, 2.24) is 0 Å². The summed E-state index contributed by atoms with van der Waals surface area (Å²) in [5.41, 5.74) is -2.33. The molecule has 0 radical (unpaired) electrons. The van der Waals surface area contributed by atoms with Crippen LogP contribution in [0.25, 0.3) is 0 Å². The molecule has 2 aliphatic carbocycles. The lowest BCUT2D eigenvalue weighted by Crippen LogP contribution is -2.60. The number of aliphatic hydroxyl groups is 2. The largest absolute Gasteiger partial charge is 0.387 e. The van der Waals surface area contributed by atoms with Gasteiger partial charge in [0.2, 0.25) is 0 Å². The molecule has 21 heavy (non-hydrogen) atoms. The van der Waals surface area contributed by atoms with Crippen molar-refractivity contribution in [3.63, 3.8) is 0 Å². The molecule has 0 spiro atoms. The third kappa shape index (κ3) is 2.85. The van der Waals surface area contributed by atoms with Crippen molar-refractivity contribution in [2.45, 2.75) is 75.6 Å². The smallest absolute Gasteiger partial charge is 0.146 e. The fraction of sp³-hybridized carbons (Fsp3) is 0.882. The van der Waals surface area contributed by atoms with Crippen molar-refractivity contribution in [3.05, 3.63) is 0 Å². The van der Waals surface area contributed by atoms with Gasteiger partial charge in [-0.25, -0.2) is 0 Å². The minimum atomic E-state index is -1.11. The van der Waals surface area contributed by atoms with E-state index in [0.717, 1.165) is 25.7 Å². The first-order valence-corrected chi connectivity index (χ1v) is 7.90. The lowest BCUT2D eigenvalue weighted by molar-refractivity contribution is -0.208. The van der Waals surface area contributed by atoms with Crippen molar-refractivity contribution in [3.8, 4) is 12.3 Å². The first-order chi connectivity index (χ1) is 9.91.